The van der Waals surface area contributed by atoms with Crippen LogP contribution in [0.25, 0.3) is 0 Å². The van der Waals surface area contributed by atoms with E-state index >= 15 is 0 Å². The van der Waals surface area contributed by atoms with Crippen molar-refractivity contribution < 1.29 is 0 Å². The van der Waals surface area contributed by atoms with Crippen molar-refractivity contribution in [1.29, 1.82) is 0 Å². The largest absolute Gasteiger partial charge is 0.352 e. The lowest BCUT2D eigenvalue weighted by molar-refractivity contribution is 0.862. The van der Waals surface area contributed by atoms with E-state index in [0.29, 0.717) is 11.9 Å². The molecule has 0 aliphatic rings. The zero-order chi connectivity index (χ0) is 13.8. The summed E-state index contributed by atoms with van der Waals surface area (Å²) in [5, 5.41) is 3.30. The van der Waals surface area contributed by atoms with E-state index < -0.39 is 0 Å². The second kappa shape index (κ2) is 5.84. The average Bonchev–Trinajstić information content (AvgIpc) is 2.37. The van der Waals surface area contributed by atoms with Crippen LogP contribution in [0.4, 0.5) is 17.6 Å². The van der Waals surface area contributed by atoms with E-state index in [1.54, 1.807) is 0 Å². The van der Waals surface area contributed by atoms with E-state index in [1.165, 1.54) is 0 Å². The Kier molecular flexibility index (Phi) is 4.16. The van der Waals surface area contributed by atoms with Crippen molar-refractivity contribution in [2.45, 2.75) is 19.9 Å². The van der Waals surface area contributed by atoms with Crippen molar-refractivity contribution in [2.75, 3.05) is 17.3 Å². The Morgan fingerprint density at radius 3 is 2.42 bits per heavy atom. The molecule has 1 N–H and O–H groups in total. The van der Waals surface area contributed by atoms with Crippen LogP contribution < -0.4 is 10.2 Å². The summed E-state index contributed by atoms with van der Waals surface area (Å²) in [4.78, 5) is 14.4. The smallest absolute Gasteiger partial charge is 0.235 e. The summed E-state index contributed by atoms with van der Waals surface area (Å²) >= 11 is 5.94. The van der Waals surface area contributed by atoms with Gasteiger partial charge in [-0.25, -0.2) is 0 Å². The van der Waals surface area contributed by atoms with Crippen molar-refractivity contribution in [3.63, 3.8) is 0 Å². The first kappa shape index (κ1) is 13.5. The first-order valence-corrected chi connectivity index (χ1v) is 6.41. The van der Waals surface area contributed by atoms with Crippen molar-refractivity contribution in [3.05, 3.63) is 35.6 Å². The lowest BCUT2D eigenvalue weighted by atomic mass is 10.3. The Bertz CT molecular complexity index is 544. The van der Waals surface area contributed by atoms with E-state index in [9.17, 15) is 0 Å². The van der Waals surface area contributed by atoms with E-state index in [0.717, 1.165) is 5.69 Å². The Labute approximate surface area is 117 Å². The van der Waals surface area contributed by atoms with Gasteiger partial charge in [0.1, 0.15) is 0 Å². The number of hydrogen-bond donors (Lipinski definition) is 1. The molecule has 2 rings (SSSR count). The van der Waals surface area contributed by atoms with Crippen LogP contribution in [0.1, 0.15) is 13.8 Å². The topological polar surface area (TPSA) is 53.9 Å². The quantitative estimate of drug-likeness (QED) is 0.931. The second-order valence-electron chi connectivity index (χ2n) is 4.42. The molecule has 0 radical (unpaired) electrons. The number of benzene rings is 1. The molecule has 5 nitrogen and oxygen atoms in total. The highest BCUT2D eigenvalue weighted by Gasteiger charge is 2.11. The van der Waals surface area contributed by atoms with Crippen LogP contribution in [-0.2, 0) is 0 Å². The van der Waals surface area contributed by atoms with Gasteiger partial charge in [-0.05, 0) is 37.6 Å². The highest BCUT2D eigenvalue weighted by Crippen LogP contribution is 2.21. The van der Waals surface area contributed by atoms with Crippen LogP contribution in [0.2, 0.25) is 5.28 Å². The number of anilines is 3. The number of nitrogens with zero attached hydrogens (tertiary/aromatic N) is 4. The lowest BCUT2D eigenvalue weighted by Crippen LogP contribution is -2.17. The minimum absolute atomic E-state index is 0.177. The first-order valence-electron chi connectivity index (χ1n) is 6.03. The third kappa shape index (κ3) is 3.54. The Morgan fingerprint density at radius 2 is 1.79 bits per heavy atom. The summed E-state index contributed by atoms with van der Waals surface area (Å²) in [6.07, 6.45) is 0. The van der Waals surface area contributed by atoms with Crippen molar-refractivity contribution >= 4 is 29.2 Å². The minimum atomic E-state index is 0.177. The van der Waals surface area contributed by atoms with Crippen molar-refractivity contribution in [1.82, 2.24) is 15.0 Å². The highest BCUT2D eigenvalue weighted by atomic mass is 35.5. The average molecular weight is 278 g/mol. The molecule has 0 bridgehead atoms. The van der Waals surface area contributed by atoms with E-state index in [1.807, 2.05) is 56.1 Å². The molecule has 2 aromatic rings. The molecular weight excluding hydrogens is 262 g/mol. The Balaban J connectivity index is 2.31. The monoisotopic (exact) mass is 277 g/mol. The number of aromatic nitrogens is 3. The highest BCUT2D eigenvalue weighted by molar-refractivity contribution is 6.28. The van der Waals surface area contributed by atoms with Crippen LogP contribution in [0.5, 0.6) is 0 Å². The fourth-order valence-corrected chi connectivity index (χ4v) is 1.74. The predicted molar refractivity (Wildman–Crippen MR) is 78.1 cm³/mol. The molecule has 0 aliphatic heterocycles. The summed E-state index contributed by atoms with van der Waals surface area (Å²) < 4.78 is 0. The van der Waals surface area contributed by atoms with Gasteiger partial charge < -0.3 is 10.2 Å². The van der Waals surface area contributed by atoms with Gasteiger partial charge in [0.2, 0.25) is 17.2 Å². The molecule has 0 amide bonds. The van der Waals surface area contributed by atoms with Gasteiger partial charge in [0.15, 0.2) is 0 Å². The summed E-state index contributed by atoms with van der Waals surface area (Å²) in [5.41, 5.74) is 0.986. The van der Waals surface area contributed by atoms with Gasteiger partial charge in [0, 0.05) is 18.8 Å². The van der Waals surface area contributed by atoms with Gasteiger partial charge in [0.05, 0.1) is 0 Å². The molecule has 0 unspecified atom stereocenters. The molecule has 1 aromatic heterocycles. The molecule has 0 atom stereocenters. The van der Waals surface area contributed by atoms with E-state index in [4.69, 9.17) is 11.6 Å². The van der Waals surface area contributed by atoms with Crippen LogP contribution >= 0.6 is 11.6 Å². The molecule has 19 heavy (non-hydrogen) atoms. The van der Waals surface area contributed by atoms with Gasteiger partial charge >= 0.3 is 0 Å². The zero-order valence-electron chi connectivity index (χ0n) is 11.1. The molecule has 1 aromatic carbocycles. The number of halogens is 1. The molecule has 0 spiro atoms. The van der Waals surface area contributed by atoms with Crippen LogP contribution in [0.15, 0.2) is 30.3 Å². The lowest BCUT2D eigenvalue weighted by Gasteiger charge is -2.18. The summed E-state index contributed by atoms with van der Waals surface area (Å²) in [6, 6.07) is 10.1. The van der Waals surface area contributed by atoms with Gasteiger partial charge in [-0.3, -0.25) is 0 Å². The SMILES string of the molecule is CC(C)Nc1nc(Cl)nc(N(C)c2ccccc2)n1. The molecule has 0 saturated carbocycles. The number of rotatable bonds is 4. The second-order valence-corrected chi connectivity index (χ2v) is 4.76. The van der Waals surface area contributed by atoms with Crippen LogP contribution in [-0.4, -0.2) is 28.0 Å². The summed E-state index contributed by atoms with van der Waals surface area (Å²) in [6.45, 7) is 4.02. The molecule has 0 aliphatic carbocycles. The summed E-state index contributed by atoms with van der Waals surface area (Å²) in [7, 11) is 1.89. The van der Waals surface area contributed by atoms with Gasteiger partial charge in [-0.15, -0.1) is 0 Å². The van der Waals surface area contributed by atoms with Crippen LogP contribution in [0.3, 0.4) is 0 Å². The van der Waals surface area contributed by atoms with E-state index in [2.05, 4.69) is 20.3 Å². The standard InChI is InChI=1S/C13H16ClN5/c1-9(2)15-12-16-11(14)17-13(18-12)19(3)10-7-5-4-6-8-10/h4-9H,1-3H3,(H,15,16,17,18). The maximum atomic E-state index is 5.94. The number of para-hydroxylation sites is 1. The molecule has 1 heterocycles. The molecule has 0 saturated heterocycles. The Morgan fingerprint density at radius 1 is 1.11 bits per heavy atom. The third-order valence-electron chi connectivity index (χ3n) is 2.46. The molecular formula is C13H16ClN5. The minimum Gasteiger partial charge on any atom is -0.352 e. The number of nitrogens with one attached hydrogen (secondary N) is 1. The predicted octanol–water partition coefficient (Wildman–Crippen LogP) is 3.11. The third-order valence-corrected chi connectivity index (χ3v) is 2.63. The van der Waals surface area contributed by atoms with Gasteiger partial charge in [-0.1, -0.05) is 18.2 Å². The van der Waals surface area contributed by atoms with Crippen molar-refractivity contribution in [2.24, 2.45) is 0 Å². The van der Waals surface area contributed by atoms with Gasteiger partial charge in [-0.2, -0.15) is 15.0 Å². The van der Waals surface area contributed by atoms with Gasteiger partial charge in [0.25, 0.3) is 0 Å². The number of hydrogen-bond acceptors (Lipinski definition) is 5. The Hall–Kier alpha value is -1.88. The molecule has 0 fully saturated rings. The first-order chi connectivity index (χ1) is 9.06. The molecule has 6 heteroatoms. The fourth-order valence-electron chi connectivity index (χ4n) is 1.58. The van der Waals surface area contributed by atoms with Crippen LogP contribution in [0, 0.1) is 0 Å². The van der Waals surface area contributed by atoms with Crippen molar-refractivity contribution in [3.8, 4) is 0 Å². The normalized spacial score (nSPS) is 10.6. The summed E-state index contributed by atoms with van der Waals surface area (Å²) in [5.74, 6) is 0.988. The fraction of sp³-hybridized carbons (Fsp3) is 0.308. The maximum absolute atomic E-state index is 5.94. The zero-order valence-corrected chi connectivity index (χ0v) is 11.9. The van der Waals surface area contributed by atoms with E-state index in [-0.39, 0.29) is 11.3 Å². The molecule has 100 valence electrons. The maximum Gasteiger partial charge on any atom is 0.235 e.